The molecule has 0 aliphatic rings. The van der Waals surface area contributed by atoms with Gasteiger partial charge in [0.15, 0.2) is 5.96 Å². The minimum atomic E-state index is -3.58. The normalized spacial score (nSPS) is 11.9. The van der Waals surface area contributed by atoms with Gasteiger partial charge in [-0.3, -0.25) is 4.99 Å². The van der Waals surface area contributed by atoms with Crippen LogP contribution in [0.15, 0.2) is 46.5 Å². The Morgan fingerprint density at radius 1 is 1.23 bits per heavy atom. The van der Waals surface area contributed by atoms with Crippen LogP contribution in [0.3, 0.4) is 0 Å². The van der Waals surface area contributed by atoms with Crippen LogP contribution in [-0.2, 0) is 23.6 Å². The number of sulfonamides is 1. The molecule has 1 heterocycles. The van der Waals surface area contributed by atoms with Gasteiger partial charge in [-0.05, 0) is 19.1 Å². The number of aromatic nitrogens is 1. The van der Waals surface area contributed by atoms with E-state index < -0.39 is 16.6 Å². The standard InChI is InChI=1S/C18H25F2N5O3S.HI/c1-13-4-5-16(28-17(19)20)14(10-13)11-23-18(21-2)22-7-8-24-29(26,27)15-6-9-25(3)12-15;/h4-6,9-10,12,17,24H,7-8,11H2,1-3H3,(H2,21,22,23);1H. The first kappa shape index (κ1) is 26.1. The van der Waals surface area contributed by atoms with Gasteiger partial charge in [-0.15, -0.1) is 24.0 Å². The molecule has 0 amide bonds. The molecule has 2 rings (SSSR count). The number of rotatable bonds is 9. The quantitative estimate of drug-likeness (QED) is 0.190. The molecule has 2 aromatic rings. The third-order valence-electron chi connectivity index (χ3n) is 3.93. The maximum absolute atomic E-state index is 12.6. The van der Waals surface area contributed by atoms with Crippen LogP contribution in [0.2, 0.25) is 0 Å². The van der Waals surface area contributed by atoms with Crippen LogP contribution in [0.5, 0.6) is 5.75 Å². The molecule has 1 aromatic heterocycles. The summed E-state index contributed by atoms with van der Waals surface area (Å²) in [5.74, 6) is 0.484. The van der Waals surface area contributed by atoms with Gasteiger partial charge >= 0.3 is 6.61 Å². The smallest absolute Gasteiger partial charge is 0.387 e. The summed E-state index contributed by atoms with van der Waals surface area (Å²) in [4.78, 5) is 4.22. The van der Waals surface area contributed by atoms with E-state index in [1.807, 2.05) is 6.92 Å². The maximum atomic E-state index is 12.6. The van der Waals surface area contributed by atoms with Gasteiger partial charge in [0.1, 0.15) is 5.75 Å². The monoisotopic (exact) mass is 557 g/mol. The first-order valence-electron chi connectivity index (χ1n) is 8.82. The second kappa shape index (κ2) is 12.1. The third-order valence-corrected chi connectivity index (χ3v) is 5.37. The number of ether oxygens (including phenoxy) is 1. The predicted molar refractivity (Wildman–Crippen MR) is 122 cm³/mol. The van der Waals surface area contributed by atoms with E-state index in [1.165, 1.54) is 18.3 Å². The fraction of sp³-hybridized carbons (Fsp3) is 0.389. The number of hydrogen-bond acceptors (Lipinski definition) is 4. The van der Waals surface area contributed by atoms with Gasteiger partial charge in [0, 0.05) is 51.7 Å². The van der Waals surface area contributed by atoms with Gasteiger partial charge in [0.05, 0.1) is 4.90 Å². The summed E-state index contributed by atoms with van der Waals surface area (Å²) in [7, 11) is -0.290. The fourth-order valence-corrected chi connectivity index (χ4v) is 3.63. The Morgan fingerprint density at radius 2 is 1.97 bits per heavy atom. The van der Waals surface area contributed by atoms with Crippen molar-refractivity contribution in [3.63, 3.8) is 0 Å². The summed E-state index contributed by atoms with van der Waals surface area (Å²) in [6.45, 7) is -0.436. The lowest BCUT2D eigenvalue weighted by Crippen LogP contribution is -2.41. The van der Waals surface area contributed by atoms with Gasteiger partial charge in [0.25, 0.3) is 0 Å². The molecule has 8 nitrogen and oxygen atoms in total. The summed E-state index contributed by atoms with van der Waals surface area (Å²) >= 11 is 0. The molecule has 0 bridgehead atoms. The minimum Gasteiger partial charge on any atom is -0.434 e. The zero-order chi connectivity index (χ0) is 21.4. The molecule has 0 aliphatic carbocycles. The summed E-state index contributed by atoms with van der Waals surface area (Å²) in [5.41, 5.74) is 1.46. The first-order valence-corrected chi connectivity index (χ1v) is 10.3. The number of alkyl halides is 2. The summed E-state index contributed by atoms with van der Waals surface area (Å²) in [6.07, 6.45) is 3.16. The molecule has 3 N–H and O–H groups in total. The van der Waals surface area contributed by atoms with Crippen molar-refractivity contribution in [3.05, 3.63) is 47.8 Å². The number of benzene rings is 1. The Morgan fingerprint density at radius 3 is 2.57 bits per heavy atom. The highest BCUT2D eigenvalue weighted by molar-refractivity contribution is 14.0. The Labute approximate surface area is 192 Å². The molecular formula is C18H26F2IN5O3S. The number of halogens is 3. The van der Waals surface area contributed by atoms with Gasteiger partial charge < -0.3 is 19.9 Å². The summed E-state index contributed by atoms with van der Waals surface area (Å²) in [5, 5.41) is 5.95. The van der Waals surface area contributed by atoms with E-state index in [-0.39, 0.29) is 54.3 Å². The van der Waals surface area contributed by atoms with E-state index in [0.29, 0.717) is 11.5 Å². The average molecular weight is 557 g/mol. The van der Waals surface area contributed by atoms with Crippen LogP contribution in [0.1, 0.15) is 11.1 Å². The molecule has 168 valence electrons. The second-order valence-corrected chi connectivity index (χ2v) is 8.02. The van der Waals surface area contributed by atoms with E-state index in [1.54, 1.807) is 37.0 Å². The van der Waals surface area contributed by atoms with Crippen molar-refractivity contribution in [2.75, 3.05) is 20.1 Å². The van der Waals surface area contributed by atoms with Gasteiger partial charge in [0.2, 0.25) is 10.0 Å². The van der Waals surface area contributed by atoms with E-state index >= 15 is 0 Å². The lowest BCUT2D eigenvalue weighted by molar-refractivity contribution is -0.0504. The number of guanidine groups is 1. The Kier molecular flexibility index (Phi) is 10.5. The summed E-state index contributed by atoms with van der Waals surface area (Å²) < 4.78 is 58.1. The topological polar surface area (TPSA) is 96.8 Å². The number of aliphatic imine (C=N–C) groups is 1. The Balaban J connectivity index is 0.00000450. The molecule has 0 fully saturated rings. The predicted octanol–water partition coefficient (Wildman–Crippen LogP) is 2.20. The molecule has 12 heteroatoms. The van der Waals surface area contributed by atoms with Crippen molar-refractivity contribution in [1.29, 1.82) is 0 Å². The van der Waals surface area contributed by atoms with Crippen molar-refractivity contribution in [1.82, 2.24) is 19.9 Å². The molecule has 30 heavy (non-hydrogen) atoms. The van der Waals surface area contributed by atoms with E-state index in [9.17, 15) is 17.2 Å². The lowest BCUT2D eigenvalue weighted by atomic mass is 10.1. The molecule has 0 atom stereocenters. The molecule has 0 spiro atoms. The molecule has 0 unspecified atom stereocenters. The summed E-state index contributed by atoms with van der Waals surface area (Å²) in [6, 6.07) is 6.43. The number of hydrogen-bond donors (Lipinski definition) is 3. The number of aryl methyl sites for hydroxylation is 2. The molecule has 0 aliphatic heterocycles. The highest BCUT2D eigenvalue weighted by Crippen LogP contribution is 2.21. The lowest BCUT2D eigenvalue weighted by Gasteiger charge is -2.15. The zero-order valence-electron chi connectivity index (χ0n) is 16.9. The average Bonchev–Trinajstić information content (AvgIpc) is 3.10. The zero-order valence-corrected chi connectivity index (χ0v) is 20.0. The van der Waals surface area contributed by atoms with Gasteiger partial charge in [-0.1, -0.05) is 17.7 Å². The molecular weight excluding hydrogens is 531 g/mol. The molecule has 0 radical (unpaired) electrons. The van der Waals surface area contributed by atoms with Crippen LogP contribution in [0.25, 0.3) is 0 Å². The van der Waals surface area contributed by atoms with Crippen molar-refractivity contribution in [3.8, 4) is 5.75 Å². The SMILES string of the molecule is CN=C(NCCNS(=O)(=O)c1ccn(C)c1)NCc1cc(C)ccc1OC(F)F.I. The van der Waals surface area contributed by atoms with E-state index in [2.05, 4.69) is 25.1 Å². The van der Waals surface area contributed by atoms with Crippen LogP contribution in [0.4, 0.5) is 8.78 Å². The van der Waals surface area contributed by atoms with Crippen LogP contribution >= 0.6 is 24.0 Å². The largest absolute Gasteiger partial charge is 0.434 e. The third kappa shape index (κ3) is 8.07. The second-order valence-electron chi connectivity index (χ2n) is 6.25. The van der Waals surface area contributed by atoms with E-state index in [0.717, 1.165) is 5.56 Å². The van der Waals surface area contributed by atoms with Gasteiger partial charge in [-0.25, -0.2) is 13.1 Å². The Bertz CT molecular complexity index is 951. The number of nitrogens with zero attached hydrogens (tertiary/aromatic N) is 2. The van der Waals surface area contributed by atoms with Crippen molar-refractivity contribution >= 4 is 40.0 Å². The molecule has 1 aromatic carbocycles. The minimum absolute atomic E-state index is 0. The van der Waals surface area contributed by atoms with E-state index in [4.69, 9.17) is 0 Å². The molecule has 0 saturated carbocycles. The Hall–Kier alpha value is -1.93. The maximum Gasteiger partial charge on any atom is 0.387 e. The van der Waals surface area contributed by atoms with Crippen molar-refractivity contribution in [2.45, 2.75) is 25.0 Å². The molecule has 0 saturated heterocycles. The highest BCUT2D eigenvalue weighted by Gasteiger charge is 2.14. The highest BCUT2D eigenvalue weighted by atomic mass is 127. The van der Waals surface area contributed by atoms with Crippen LogP contribution in [-0.4, -0.2) is 45.7 Å². The number of nitrogens with one attached hydrogen (secondary N) is 3. The van der Waals surface area contributed by atoms with Crippen LogP contribution in [0, 0.1) is 6.92 Å². The fourth-order valence-electron chi connectivity index (χ4n) is 2.54. The first-order chi connectivity index (χ1) is 13.7. The van der Waals surface area contributed by atoms with Crippen molar-refractivity contribution < 1.29 is 21.9 Å². The van der Waals surface area contributed by atoms with Crippen molar-refractivity contribution in [2.24, 2.45) is 12.0 Å². The van der Waals surface area contributed by atoms with Gasteiger partial charge in [-0.2, -0.15) is 8.78 Å². The van der Waals surface area contributed by atoms with Crippen LogP contribution < -0.4 is 20.1 Å².